The zero-order valence-electron chi connectivity index (χ0n) is 10.4. The molecule has 1 aromatic carbocycles. The standard InChI is InChI=1S/C13H16N2O3/c1-9(5-13(16)17)8-15-12-6-11(18-2)4-3-10(12)7-14/h3-4,6,9,15H,5,8H2,1-2H3,(H,16,17). The van der Waals surface area contributed by atoms with Crippen molar-refractivity contribution >= 4 is 11.7 Å². The van der Waals surface area contributed by atoms with Gasteiger partial charge in [-0.25, -0.2) is 0 Å². The number of ether oxygens (including phenoxy) is 1. The van der Waals surface area contributed by atoms with Gasteiger partial charge in [0.05, 0.1) is 18.4 Å². The number of hydrogen-bond acceptors (Lipinski definition) is 4. The molecule has 0 spiro atoms. The van der Waals surface area contributed by atoms with E-state index in [0.29, 0.717) is 23.5 Å². The van der Waals surface area contributed by atoms with Crippen molar-refractivity contribution in [2.24, 2.45) is 5.92 Å². The Morgan fingerprint density at radius 2 is 2.33 bits per heavy atom. The van der Waals surface area contributed by atoms with E-state index in [2.05, 4.69) is 11.4 Å². The number of rotatable bonds is 6. The van der Waals surface area contributed by atoms with Crippen molar-refractivity contribution in [3.05, 3.63) is 23.8 Å². The highest BCUT2D eigenvalue weighted by molar-refractivity contribution is 5.67. The molecule has 0 aromatic heterocycles. The van der Waals surface area contributed by atoms with E-state index in [4.69, 9.17) is 15.1 Å². The third-order valence-corrected chi connectivity index (χ3v) is 2.51. The first-order chi connectivity index (χ1) is 8.56. The van der Waals surface area contributed by atoms with E-state index in [1.807, 2.05) is 6.92 Å². The normalized spacial score (nSPS) is 11.4. The van der Waals surface area contributed by atoms with Crippen LogP contribution in [0.1, 0.15) is 18.9 Å². The maximum absolute atomic E-state index is 10.5. The maximum atomic E-state index is 10.5. The first-order valence-corrected chi connectivity index (χ1v) is 5.60. The SMILES string of the molecule is COc1ccc(C#N)c(NCC(C)CC(=O)O)c1. The fourth-order valence-corrected chi connectivity index (χ4v) is 1.55. The van der Waals surface area contributed by atoms with E-state index in [1.54, 1.807) is 25.3 Å². The van der Waals surface area contributed by atoms with Gasteiger partial charge in [0.2, 0.25) is 0 Å². The molecule has 0 aliphatic carbocycles. The molecule has 0 saturated heterocycles. The number of benzene rings is 1. The summed E-state index contributed by atoms with van der Waals surface area (Å²) in [5.41, 5.74) is 1.17. The van der Waals surface area contributed by atoms with E-state index in [0.717, 1.165) is 0 Å². The number of carboxylic acids is 1. The van der Waals surface area contributed by atoms with Crippen molar-refractivity contribution in [1.82, 2.24) is 0 Å². The number of methoxy groups -OCH3 is 1. The summed E-state index contributed by atoms with van der Waals surface area (Å²) < 4.78 is 5.08. The lowest BCUT2D eigenvalue weighted by molar-refractivity contribution is -0.137. The molecule has 0 aliphatic rings. The Hall–Kier alpha value is -2.22. The average Bonchev–Trinajstić information content (AvgIpc) is 2.35. The quantitative estimate of drug-likeness (QED) is 0.805. The molecule has 0 amide bonds. The van der Waals surface area contributed by atoms with E-state index in [-0.39, 0.29) is 12.3 Å². The third-order valence-electron chi connectivity index (χ3n) is 2.51. The monoisotopic (exact) mass is 248 g/mol. The number of nitrogens with one attached hydrogen (secondary N) is 1. The van der Waals surface area contributed by atoms with Crippen LogP contribution in [-0.2, 0) is 4.79 Å². The molecule has 0 radical (unpaired) electrons. The number of anilines is 1. The predicted octanol–water partition coefficient (Wildman–Crippen LogP) is 2.09. The molecule has 1 rings (SSSR count). The molecule has 0 heterocycles. The highest BCUT2D eigenvalue weighted by atomic mass is 16.5. The van der Waals surface area contributed by atoms with Crippen LogP contribution in [-0.4, -0.2) is 24.7 Å². The number of aliphatic carboxylic acids is 1. The summed E-state index contributed by atoms with van der Waals surface area (Å²) in [6.45, 7) is 2.33. The fraction of sp³-hybridized carbons (Fsp3) is 0.385. The summed E-state index contributed by atoms with van der Waals surface area (Å²) in [7, 11) is 1.55. The largest absolute Gasteiger partial charge is 0.497 e. The maximum Gasteiger partial charge on any atom is 0.303 e. The van der Waals surface area contributed by atoms with Gasteiger partial charge in [-0.3, -0.25) is 4.79 Å². The summed E-state index contributed by atoms with van der Waals surface area (Å²) in [5.74, 6) is -0.182. The van der Waals surface area contributed by atoms with Crippen LogP contribution in [0.4, 0.5) is 5.69 Å². The number of carbonyl (C=O) groups is 1. The molecule has 1 atom stereocenters. The topological polar surface area (TPSA) is 82.3 Å². The van der Waals surface area contributed by atoms with Gasteiger partial charge >= 0.3 is 5.97 Å². The van der Waals surface area contributed by atoms with Crippen LogP contribution in [0.3, 0.4) is 0 Å². The molecule has 2 N–H and O–H groups in total. The minimum absolute atomic E-state index is 0.0137. The Bertz CT molecular complexity index is 466. The molecule has 1 aromatic rings. The van der Waals surface area contributed by atoms with Crippen LogP contribution in [0.2, 0.25) is 0 Å². The molecule has 5 nitrogen and oxygen atoms in total. The smallest absolute Gasteiger partial charge is 0.303 e. The average molecular weight is 248 g/mol. The minimum Gasteiger partial charge on any atom is -0.497 e. The highest BCUT2D eigenvalue weighted by Crippen LogP contribution is 2.22. The zero-order valence-corrected chi connectivity index (χ0v) is 10.4. The lowest BCUT2D eigenvalue weighted by Crippen LogP contribution is -2.15. The second-order valence-corrected chi connectivity index (χ2v) is 4.11. The molecule has 96 valence electrons. The predicted molar refractivity (Wildman–Crippen MR) is 67.6 cm³/mol. The second kappa shape index (κ2) is 6.50. The van der Waals surface area contributed by atoms with Crippen LogP contribution >= 0.6 is 0 Å². The van der Waals surface area contributed by atoms with Crippen molar-refractivity contribution in [3.63, 3.8) is 0 Å². The molecule has 0 fully saturated rings. The van der Waals surface area contributed by atoms with Gasteiger partial charge in [0.25, 0.3) is 0 Å². The fourth-order valence-electron chi connectivity index (χ4n) is 1.55. The van der Waals surface area contributed by atoms with Crippen LogP contribution in [0.5, 0.6) is 5.75 Å². The van der Waals surface area contributed by atoms with Crippen molar-refractivity contribution in [3.8, 4) is 11.8 Å². The van der Waals surface area contributed by atoms with Crippen LogP contribution in [0.15, 0.2) is 18.2 Å². The number of carboxylic acid groups (broad SMARTS) is 1. The Labute approximate surface area is 106 Å². The Morgan fingerprint density at radius 1 is 1.61 bits per heavy atom. The first kappa shape index (κ1) is 13.8. The van der Waals surface area contributed by atoms with E-state index in [1.165, 1.54) is 0 Å². The lowest BCUT2D eigenvalue weighted by atomic mass is 10.1. The van der Waals surface area contributed by atoms with Crippen LogP contribution < -0.4 is 10.1 Å². The number of nitrogens with zero attached hydrogens (tertiary/aromatic N) is 1. The van der Waals surface area contributed by atoms with Gasteiger partial charge in [0, 0.05) is 19.0 Å². The summed E-state index contributed by atoms with van der Waals surface area (Å²) in [5, 5.41) is 20.7. The van der Waals surface area contributed by atoms with Crippen LogP contribution in [0, 0.1) is 17.2 Å². The van der Waals surface area contributed by atoms with E-state index in [9.17, 15) is 4.79 Å². The van der Waals surface area contributed by atoms with E-state index < -0.39 is 5.97 Å². The van der Waals surface area contributed by atoms with Gasteiger partial charge in [-0.15, -0.1) is 0 Å². The Kier molecular flexibility index (Phi) is 5.00. The van der Waals surface area contributed by atoms with Crippen LogP contribution in [0.25, 0.3) is 0 Å². The molecule has 0 aliphatic heterocycles. The molecule has 5 heteroatoms. The van der Waals surface area contributed by atoms with Gasteiger partial charge in [0.15, 0.2) is 0 Å². The first-order valence-electron chi connectivity index (χ1n) is 5.60. The van der Waals surface area contributed by atoms with E-state index >= 15 is 0 Å². The van der Waals surface area contributed by atoms with Gasteiger partial charge < -0.3 is 15.2 Å². The highest BCUT2D eigenvalue weighted by Gasteiger charge is 2.09. The van der Waals surface area contributed by atoms with Crippen molar-refractivity contribution in [2.75, 3.05) is 19.0 Å². The third kappa shape index (κ3) is 3.98. The molecular formula is C13H16N2O3. The molecule has 1 unspecified atom stereocenters. The van der Waals surface area contributed by atoms with Gasteiger partial charge in [-0.1, -0.05) is 6.92 Å². The minimum atomic E-state index is -0.824. The Balaban J connectivity index is 2.71. The van der Waals surface area contributed by atoms with Crippen molar-refractivity contribution < 1.29 is 14.6 Å². The second-order valence-electron chi connectivity index (χ2n) is 4.11. The van der Waals surface area contributed by atoms with Gasteiger partial charge in [0.1, 0.15) is 11.8 Å². The van der Waals surface area contributed by atoms with Crippen molar-refractivity contribution in [2.45, 2.75) is 13.3 Å². The molecule has 0 saturated carbocycles. The van der Waals surface area contributed by atoms with Crippen molar-refractivity contribution in [1.29, 1.82) is 5.26 Å². The lowest BCUT2D eigenvalue weighted by Gasteiger charge is -2.13. The number of hydrogen-bond donors (Lipinski definition) is 2. The summed E-state index contributed by atoms with van der Waals surface area (Å²) in [4.78, 5) is 10.5. The zero-order chi connectivity index (χ0) is 13.5. The summed E-state index contributed by atoms with van der Waals surface area (Å²) in [6.07, 6.45) is 0.0961. The molecule has 0 bridgehead atoms. The Morgan fingerprint density at radius 3 is 2.89 bits per heavy atom. The molecular weight excluding hydrogens is 232 g/mol. The number of nitriles is 1. The summed E-state index contributed by atoms with van der Waals surface area (Å²) >= 11 is 0. The van der Waals surface area contributed by atoms with Gasteiger partial charge in [-0.05, 0) is 18.1 Å². The summed E-state index contributed by atoms with van der Waals surface area (Å²) in [6, 6.07) is 7.19. The van der Waals surface area contributed by atoms with Gasteiger partial charge in [-0.2, -0.15) is 5.26 Å². The molecule has 18 heavy (non-hydrogen) atoms.